The zero-order chi connectivity index (χ0) is 16.4. The lowest BCUT2D eigenvalue weighted by Crippen LogP contribution is -2.41. The molecule has 6 heteroatoms. The topological polar surface area (TPSA) is 47.5 Å². The Hall–Kier alpha value is -1.34. The van der Waals surface area contributed by atoms with Crippen molar-refractivity contribution in [2.24, 2.45) is 0 Å². The van der Waals surface area contributed by atoms with Crippen LogP contribution in [0.1, 0.15) is 29.0 Å². The van der Waals surface area contributed by atoms with Crippen LogP contribution in [0.5, 0.6) is 0 Å². The van der Waals surface area contributed by atoms with Crippen LogP contribution in [0.25, 0.3) is 0 Å². The number of thiazole rings is 1. The van der Waals surface area contributed by atoms with Crippen LogP contribution in [0.2, 0.25) is 0 Å². The summed E-state index contributed by atoms with van der Waals surface area (Å²) in [5, 5.41) is 0. The number of pyridine rings is 1. The summed E-state index contributed by atoms with van der Waals surface area (Å²) < 4.78 is 12.3. The highest BCUT2D eigenvalue weighted by molar-refractivity contribution is 7.09. The van der Waals surface area contributed by atoms with Crippen LogP contribution in [0.15, 0.2) is 30.0 Å². The van der Waals surface area contributed by atoms with Gasteiger partial charge in [-0.05, 0) is 31.4 Å². The van der Waals surface area contributed by atoms with Crippen molar-refractivity contribution in [2.75, 3.05) is 13.2 Å². The summed E-state index contributed by atoms with van der Waals surface area (Å²) in [6, 6.07) is 4.46. The molecule has 0 bridgehead atoms. The molecule has 0 aliphatic carbocycles. The molecule has 0 N–H and O–H groups in total. The highest BCUT2D eigenvalue weighted by atomic mass is 32.1. The first kappa shape index (κ1) is 16.1. The first-order valence-electron chi connectivity index (χ1n) is 8.56. The number of likely N-dealkylation sites (tertiary alicyclic amines) is 1. The highest BCUT2D eigenvalue weighted by Gasteiger charge is 2.44. The molecule has 4 rings (SSSR count). The van der Waals surface area contributed by atoms with E-state index in [-0.39, 0.29) is 12.2 Å². The van der Waals surface area contributed by atoms with Crippen molar-refractivity contribution < 1.29 is 9.47 Å². The first-order valence-corrected chi connectivity index (χ1v) is 9.44. The number of ether oxygens (including phenoxy) is 2. The highest BCUT2D eigenvalue weighted by Crippen LogP contribution is 2.33. The number of fused-ring (bicyclic) bond motifs is 1. The maximum atomic E-state index is 6.22. The summed E-state index contributed by atoms with van der Waals surface area (Å²) in [5.41, 5.74) is 4.20. The molecule has 0 radical (unpaired) electrons. The minimum Gasteiger partial charge on any atom is -0.374 e. The average Bonchev–Trinajstić information content (AvgIpc) is 3.19. The molecule has 128 valence electrons. The van der Waals surface area contributed by atoms with E-state index >= 15 is 0 Å². The fraction of sp³-hybridized carbons (Fsp3) is 0.556. The van der Waals surface area contributed by atoms with Crippen LogP contribution >= 0.6 is 11.3 Å². The second kappa shape index (κ2) is 7.27. The molecular formula is C18H23N3O2S. The van der Waals surface area contributed by atoms with Gasteiger partial charge in [-0.15, -0.1) is 11.3 Å². The van der Waals surface area contributed by atoms with Crippen molar-refractivity contribution in [3.8, 4) is 0 Å². The lowest BCUT2D eigenvalue weighted by Gasteiger charge is -2.32. The molecule has 2 aromatic rings. The largest absolute Gasteiger partial charge is 0.374 e. The third-order valence-electron chi connectivity index (χ3n) is 4.96. The Morgan fingerprint density at radius 2 is 2.42 bits per heavy atom. The van der Waals surface area contributed by atoms with Gasteiger partial charge in [0.05, 0.1) is 23.9 Å². The standard InChI is InChI=1S/C18H23N3O2S/c1-13-17(24-12-20-13)10-21-9-16(18-15(21)5-3-7-22-18)23-11-14-4-2-6-19-8-14/h2,4,6,8,12,15-16,18H,3,5,7,9-11H2,1H3/t15-,16+,18+/m0/s1. The quantitative estimate of drug-likeness (QED) is 0.834. The molecule has 2 fully saturated rings. The third-order valence-corrected chi connectivity index (χ3v) is 5.88. The molecule has 0 spiro atoms. The summed E-state index contributed by atoms with van der Waals surface area (Å²) in [4.78, 5) is 12.4. The van der Waals surface area contributed by atoms with Gasteiger partial charge in [-0.25, -0.2) is 4.98 Å². The Kier molecular flexibility index (Phi) is 4.89. The molecule has 2 saturated heterocycles. The van der Waals surface area contributed by atoms with Gasteiger partial charge in [-0.1, -0.05) is 6.07 Å². The molecular weight excluding hydrogens is 322 g/mol. The van der Waals surface area contributed by atoms with Gasteiger partial charge >= 0.3 is 0 Å². The number of rotatable bonds is 5. The number of hydrogen-bond acceptors (Lipinski definition) is 6. The van der Waals surface area contributed by atoms with Gasteiger partial charge < -0.3 is 9.47 Å². The number of nitrogens with zero attached hydrogens (tertiary/aromatic N) is 3. The zero-order valence-corrected chi connectivity index (χ0v) is 14.7. The first-order chi connectivity index (χ1) is 11.8. The molecule has 24 heavy (non-hydrogen) atoms. The second-order valence-electron chi connectivity index (χ2n) is 6.55. The van der Waals surface area contributed by atoms with Crippen molar-refractivity contribution in [1.29, 1.82) is 0 Å². The van der Waals surface area contributed by atoms with Crippen molar-refractivity contribution in [3.05, 3.63) is 46.2 Å². The zero-order valence-electron chi connectivity index (χ0n) is 13.9. The van der Waals surface area contributed by atoms with Crippen LogP contribution in [-0.4, -0.2) is 46.3 Å². The molecule has 0 saturated carbocycles. The van der Waals surface area contributed by atoms with Crippen molar-refractivity contribution in [1.82, 2.24) is 14.9 Å². The summed E-state index contributed by atoms with van der Waals surface area (Å²) in [6.45, 7) is 5.41. The van der Waals surface area contributed by atoms with E-state index < -0.39 is 0 Å². The lowest BCUT2D eigenvalue weighted by atomic mass is 10.0. The molecule has 0 unspecified atom stereocenters. The maximum Gasteiger partial charge on any atom is 0.100 e. The third kappa shape index (κ3) is 3.37. The van der Waals surface area contributed by atoms with Gasteiger partial charge in [0.2, 0.25) is 0 Å². The van der Waals surface area contributed by atoms with E-state index in [9.17, 15) is 0 Å². The smallest absolute Gasteiger partial charge is 0.100 e. The fourth-order valence-corrected chi connectivity index (χ4v) is 4.48. The Labute approximate surface area is 146 Å². The van der Waals surface area contributed by atoms with Crippen LogP contribution < -0.4 is 0 Å². The summed E-state index contributed by atoms with van der Waals surface area (Å²) in [6.07, 6.45) is 6.29. The predicted molar refractivity (Wildman–Crippen MR) is 92.8 cm³/mol. The molecule has 5 nitrogen and oxygen atoms in total. The lowest BCUT2D eigenvalue weighted by molar-refractivity contribution is -0.0819. The van der Waals surface area contributed by atoms with Crippen LogP contribution in [0.4, 0.5) is 0 Å². The van der Waals surface area contributed by atoms with Crippen molar-refractivity contribution in [2.45, 2.75) is 51.2 Å². The second-order valence-corrected chi connectivity index (χ2v) is 7.49. The summed E-state index contributed by atoms with van der Waals surface area (Å²) in [5.74, 6) is 0. The molecule has 2 aliphatic heterocycles. The predicted octanol–water partition coefficient (Wildman–Crippen LogP) is 2.80. The average molecular weight is 345 g/mol. The van der Waals surface area contributed by atoms with E-state index in [2.05, 4.69) is 27.9 Å². The molecule has 0 aromatic carbocycles. The Morgan fingerprint density at radius 3 is 3.21 bits per heavy atom. The number of aromatic nitrogens is 2. The van der Waals surface area contributed by atoms with E-state index in [4.69, 9.17) is 9.47 Å². The van der Waals surface area contributed by atoms with E-state index in [0.717, 1.165) is 37.4 Å². The van der Waals surface area contributed by atoms with Gasteiger partial charge in [-0.3, -0.25) is 9.88 Å². The van der Waals surface area contributed by atoms with Gasteiger partial charge in [0.15, 0.2) is 0 Å². The molecule has 4 heterocycles. The SMILES string of the molecule is Cc1ncsc1CN1C[C@@H](OCc2cccnc2)[C@@H]2OCCC[C@@H]21. The number of hydrogen-bond donors (Lipinski definition) is 0. The fourth-order valence-electron chi connectivity index (χ4n) is 3.68. The van der Waals surface area contributed by atoms with Crippen LogP contribution in [-0.2, 0) is 22.6 Å². The molecule has 0 amide bonds. The minimum atomic E-state index is 0.128. The Balaban J connectivity index is 1.44. The normalized spacial score (nSPS) is 27.3. The monoisotopic (exact) mass is 345 g/mol. The van der Waals surface area contributed by atoms with Gasteiger partial charge in [0.1, 0.15) is 6.10 Å². The Bertz CT molecular complexity index is 663. The maximum absolute atomic E-state index is 6.22. The molecule has 3 atom stereocenters. The van der Waals surface area contributed by atoms with Gasteiger partial charge in [0, 0.05) is 43.0 Å². The van der Waals surface area contributed by atoms with E-state index in [0.29, 0.717) is 12.6 Å². The van der Waals surface area contributed by atoms with Gasteiger partial charge in [0.25, 0.3) is 0 Å². The van der Waals surface area contributed by atoms with Crippen molar-refractivity contribution in [3.63, 3.8) is 0 Å². The van der Waals surface area contributed by atoms with Crippen LogP contribution in [0.3, 0.4) is 0 Å². The number of aryl methyl sites for hydroxylation is 1. The summed E-state index contributed by atoms with van der Waals surface area (Å²) in [7, 11) is 0. The summed E-state index contributed by atoms with van der Waals surface area (Å²) >= 11 is 1.74. The Morgan fingerprint density at radius 1 is 1.46 bits per heavy atom. The minimum absolute atomic E-state index is 0.128. The van der Waals surface area contributed by atoms with E-state index in [1.807, 2.05) is 17.8 Å². The van der Waals surface area contributed by atoms with Gasteiger partial charge in [-0.2, -0.15) is 0 Å². The van der Waals surface area contributed by atoms with Crippen LogP contribution in [0, 0.1) is 6.92 Å². The van der Waals surface area contributed by atoms with E-state index in [1.54, 1.807) is 17.5 Å². The molecule has 2 aliphatic rings. The van der Waals surface area contributed by atoms with Crippen molar-refractivity contribution >= 4 is 11.3 Å². The molecule has 2 aromatic heterocycles. The van der Waals surface area contributed by atoms with E-state index in [1.165, 1.54) is 11.3 Å².